The molecular formula is C5H3F6NO2. The predicted molar refractivity (Wildman–Crippen MR) is 28.9 cm³/mol. The minimum Gasteiger partial charge on any atom is -0.367 e. The first-order chi connectivity index (χ1) is 6.04. The van der Waals surface area contributed by atoms with E-state index in [2.05, 4.69) is 10.5 Å². The molecule has 0 aromatic rings. The van der Waals surface area contributed by atoms with E-state index in [1.54, 1.807) is 0 Å². The lowest BCUT2D eigenvalue weighted by Crippen LogP contribution is -2.50. The summed E-state index contributed by atoms with van der Waals surface area (Å²) in [5, 5.41) is 0. The van der Waals surface area contributed by atoms with Gasteiger partial charge in [-0.15, -0.1) is 0 Å². The van der Waals surface area contributed by atoms with Crippen LogP contribution in [0.4, 0.5) is 26.3 Å². The maximum atomic E-state index is 11.9. The number of hydrogen-bond acceptors (Lipinski definition) is 2. The van der Waals surface area contributed by atoms with Crippen molar-refractivity contribution in [3.8, 4) is 0 Å². The Labute approximate surface area is 72.8 Å². The van der Waals surface area contributed by atoms with Gasteiger partial charge in [-0.2, -0.15) is 26.3 Å². The van der Waals surface area contributed by atoms with Crippen LogP contribution in [-0.2, 0) is 9.53 Å². The Morgan fingerprint density at radius 1 is 1.14 bits per heavy atom. The average molecular weight is 223 g/mol. The van der Waals surface area contributed by atoms with Crippen molar-refractivity contribution >= 4 is 5.91 Å². The molecule has 0 aliphatic carbocycles. The Hall–Kier alpha value is -0.990. The Morgan fingerprint density at radius 2 is 1.50 bits per heavy atom. The first kappa shape index (κ1) is 11.1. The first-order valence-corrected chi connectivity index (χ1v) is 3.14. The minimum atomic E-state index is -5.70. The lowest BCUT2D eigenvalue weighted by atomic mass is 10.0. The van der Waals surface area contributed by atoms with Gasteiger partial charge in [0.25, 0.3) is 5.60 Å². The zero-order valence-corrected chi connectivity index (χ0v) is 6.24. The molecule has 0 aromatic heterocycles. The molecule has 0 saturated carbocycles. The zero-order chi connectivity index (χ0) is 11.4. The number of rotatable bonds is 1. The van der Waals surface area contributed by atoms with Gasteiger partial charge in [-0.1, -0.05) is 0 Å². The second kappa shape index (κ2) is 2.53. The fourth-order valence-corrected chi connectivity index (χ4v) is 1.00. The Balaban J connectivity index is 3.05. The van der Waals surface area contributed by atoms with Crippen molar-refractivity contribution in [2.24, 2.45) is 5.73 Å². The fourth-order valence-electron chi connectivity index (χ4n) is 1.00. The van der Waals surface area contributed by atoms with Crippen LogP contribution in [0.15, 0.2) is 0 Å². The van der Waals surface area contributed by atoms with Crippen molar-refractivity contribution in [1.29, 1.82) is 0 Å². The summed E-state index contributed by atoms with van der Waals surface area (Å²) in [4.78, 5) is 10.2. The number of carbonyl (C=O) groups is 1. The van der Waals surface area contributed by atoms with Crippen LogP contribution >= 0.6 is 0 Å². The van der Waals surface area contributed by atoms with Crippen molar-refractivity contribution in [3.63, 3.8) is 0 Å². The van der Waals surface area contributed by atoms with E-state index < -0.39 is 30.0 Å². The summed E-state index contributed by atoms with van der Waals surface area (Å²) < 4.78 is 75.1. The van der Waals surface area contributed by atoms with Gasteiger partial charge in [0, 0.05) is 0 Å². The van der Waals surface area contributed by atoms with Gasteiger partial charge in [0.1, 0.15) is 0 Å². The highest BCUT2D eigenvalue weighted by Crippen LogP contribution is 2.58. The molecule has 2 N–H and O–H groups in total. The first-order valence-electron chi connectivity index (χ1n) is 3.14. The van der Waals surface area contributed by atoms with E-state index in [1.807, 2.05) is 0 Å². The molecule has 0 aromatic carbocycles. The van der Waals surface area contributed by atoms with Crippen molar-refractivity contribution < 1.29 is 35.9 Å². The molecule has 3 nitrogen and oxygen atoms in total. The van der Waals surface area contributed by atoms with Gasteiger partial charge < -0.3 is 10.5 Å². The number of hydrogen-bond donors (Lipinski definition) is 1. The van der Waals surface area contributed by atoms with Crippen LogP contribution in [0, 0.1) is 0 Å². The molecule has 1 atom stereocenters. The Bertz CT molecular complexity index is 254. The minimum absolute atomic E-state index is 1.79. The highest BCUT2D eigenvalue weighted by Gasteiger charge is 2.88. The van der Waals surface area contributed by atoms with E-state index in [9.17, 15) is 31.1 Å². The summed E-state index contributed by atoms with van der Waals surface area (Å²) in [6.45, 7) is 0. The van der Waals surface area contributed by atoms with E-state index in [4.69, 9.17) is 0 Å². The van der Waals surface area contributed by atoms with Crippen molar-refractivity contribution in [1.82, 2.24) is 0 Å². The smallest absolute Gasteiger partial charge is 0.367 e. The molecule has 9 heteroatoms. The van der Waals surface area contributed by atoms with E-state index >= 15 is 0 Å². The fraction of sp³-hybridized carbons (Fsp3) is 0.800. The Morgan fingerprint density at radius 3 is 1.57 bits per heavy atom. The maximum absolute atomic E-state index is 11.9. The Kier molecular flexibility index (Phi) is 2.00. The maximum Gasteiger partial charge on any atom is 0.429 e. The summed E-state index contributed by atoms with van der Waals surface area (Å²) in [6.07, 6.45) is -14.1. The number of primary amides is 1. The summed E-state index contributed by atoms with van der Waals surface area (Å²) >= 11 is 0. The number of amides is 1. The van der Waals surface area contributed by atoms with E-state index in [0.29, 0.717) is 0 Å². The standard InChI is InChI=1S/C5H3F6NO2/c6-4(7,8)3(5(9,10)11)1(14-3)2(12)13/h1H,(H2,12,13). The molecule has 1 aliphatic rings. The molecule has 1 rings (SSSR count). The van der Waals surface area contributed by atoms with E-state index in [0.717, 1.165) is 0 Å². The van der Waals surface area contributed by atoms with Crippen molar-refractivity contribution in [2.45, 2.75) is 24.1 Å². The molecule has 14 heavy (non-hydrogen) atoms. The van der Waals surface area contributed by atoms with Crippen LogP contribution in [0.1, 0.15) is 0 Å². The number of ether oxygens (including phenoxy) is 1. The van der Waals surface area contributed by atoms with Crippen LogP contribution in [-0.4, -0.2) is 30.0 Å². The zero-order valence-electron chi connectivity index (χ0n) is 6.24. The number of nitrogens with two attached hydrogens (primary N) is 1. The van der Waals surface area contributed by atoms with Crippen LogP contribution in [0.25, 0.3) is 0 Å². The van der Waals surface area contributed by atoms with Gasteiger partial charge in [-0.25, -0.2) is 0 Å². The van der Waals surface area contributed by atoms with Gasteiger partial charge in [0.2, 0.25) is 5.91 Å². The van der Waals surface area contributed by atoms with Gasteiger partial charge >= 0.3 is 12.4 Å². The predicted octanol–water partition coefficient (Wildman–Crippen LogP) is 0.734. The number of epoxide rings is 1. The summed E-state index contributed by atoms with van der Waals surface area (Å²) in [7, 11) is 0. The molecule has 82 valence electrons. The molecular weight excluding hydrogens is 220 g/mol. The lowest BCUT2D eigenvalue weighted by molar-refractivity contribution is -0.292. The summed E-state index contributed by atoms with van der Waals surface area (Å²) in [5.74, 6) is -1.79. The largest absolute Gasteiger partial charge is 0.429 e. The second-order valence-corrected chi connectivity index (χ2v) is 2.63. The third-order valence-corrected chi connectivity index (χ3v) is 1.72. The van der Waals surface area contributed by atoms with Gasteiger partial charge in [0.05, 0.1) is 0 Å². The third-order valence-electron chi connectivity index (χ3n) is 1.72. The molecule has 0 bridgehead atoms. The van der Waals surface area contributed by atoms with Crippen LogP contribution in [0.2, 0.25) is 0 Å². The monoisotopic (exact) mass is 223 g/mol. The van der Waals surface area contributed by atoms with E-state index in [1.165, 1.54) is 0 Å². The molecule has 1 heterocycles. The average Bonchev–Trinajstić information content (AvgIpc) is 2.54. The highest BCUT2D eigenvalue weighted by atomic mass is 19.4. The topological polar surface area (TPSA) is 55.6 Å². The molecule has 1 fully saturated rings. The molecule has 0 spiro atoms. The summed E-state index contributed by atoms with van der Waals surface area (Å²) in [5.41, 5.74) is -0.108. The number of alkyl halides is 6. The number of carbonyl (C=O) groups excluding carboxylic acids is 1. The van der Waals surface area contributed by atoms with Gasteiger partial charge in [-0.3, -0.25) is 4.79 Å². The van der Waals surface area contributed by atoms with E-state index in [-0.39, 0.29) is 0 Å². The van der Waals surface area contributed by atoms with Crippen LogP contribution in [0.5, 0.6) is 0 Å². The highest BCUT2D eigenvalue weighted by molar-refractivity contribution is 5.83. The quantitative estimate of drug-likeness (QED) is 0.526. The molecule has 0 radical (unpaired) electrons. The van der Waals surface area contributed by atoms with Crippen LogP contribution < -0.4 is 5.73 Å². The normalized spacial score (nSPS) is 26.0. The van der Waals surface area contributed by atoms with Crippen molar-refractivity contribution in [3.05, 3.63) is 0 Å². The molecule has 1 unspecified atom stereocenters. The molecule has 1 saturated heterocycles. The lowest BCUT2D eigenvalue weighted by Gasteiger charge is -2.19. The molecule has 1 aliphatic heterocycles. The molecule has 1 amide bonds. The van der Waals surface area contributed by atoms with Gasteiger partial charge in [-0.05, 0) is 0 Å². The van der Waals surface area contributed by atoms with Crippen molar-refractivity contribution in [2.75, 3.05) is 0 Å². The van der Waals surface area contributed by atoms with Crippen LogP contribution in [0.3, 0.4) is 0 Å². The summed E-state index contributed by atoms with van der Waals surface area (Å²) in [6, 6.07) is 0. The third kappa shape index (κ3) is 1.22. The number of halogens is 6. The SMILES string of the molecule is NC(=O)C1OC1(C(F)(F)F)C(F)(F)F. The van der Waals surface area contributed by atoms with Gasteiger partial charge in [0.15, 0.2) is 6.10 Å². The second-order valence-electron chi connectivity index (χ2n) is 2.63.